The van der Waals surface area contributed by atoms with Gasteiger partial charge in [0.05, 0.1) is 6.54 Å². The lowest BCUT2D eigenvalue weighted by molar-refractivity contribution is -0.114. The van der Waals surface area contributed by atoms with Crippen molar-refractivity contribution in [2.75, 3.05) is 17.2 Å². The summed E-state index contributed by atoms with van der Waals surface area (Å²) in [6, 6.07) is 13.3. The van der Waals surface area contributed by atoms with Gasteiger partial charge in [-0.2, -0.15) is 0 Å². The molecule has 3 rings (SSSR count). The van der Waals surface area contributed by atoms with Crippen LogP contribution in [0.1, 0.15) is 34.3 Å². The lowest BCUT2D eigenvalue weighted by atomic mass is 10.1. The highest BCUT2D eigenvalue weighted by molar-refractivity contribution is 5.97. The lowest BCUT2D eigenvalue weighted by Crippen LogP contribution is -2.25. The van der Waals surface area contributed by atoms with E-state index in [1.165, 1.54) is 5.56 Å². The largest absolute Gasteiger partial charge is 0.376 e. The number of carbonyl (C=O) groups excluding carboxylic acids is 2. The molecule has 130 valence electrons. The molecule has 1 saturated carbocycles. The number of nitrogens with one attached hydrogen (secondary N) is 3. The van der Waals surface area contributed by atoms with E-state index in [-0.39, 0.29) is 18.4 Å². The van der Waals surface area contributed by atoms with Gasteiger partial charge in [0.2, 0.25) is 5.91 Å². The van der Waals surface area contributed by atoms with Crippen molar-refractivity contribution in [2.24, 2.45) is 0 Å². The molecule has 0 aliphatic heterocycles. The first kappa shape index (κ1) is 17.0. The Balaban J connectivity index is 1.51. The molecule has 1 fully saturated rings. The fraction of sp³-hybridized carbons (Fsp3) is 0.300. The molecular formula is C20H23N3O2. The molecule has 25 heavy (non-hydrogen) atoms. The second-order valence-corrected chi connectivity index (χ2v) is 6.55. The second kappa shape index (κ2) is 7.38. The Morgan fingerprint density at radius 2 is 1.76 bits per heavy atom. The minimum atomic E-state index is -0.129. The summed E-state index contributed by atoms with van der Waals surface area (Å²) >= 11 is 0. The molecule has 1 aliphatic rings. The smallest absolute Gasteiger partial charge is 0.251 e. The van der Waals surface area contributed by atoms with Gasteiger partial charge in [0, 0.05) is 23.0 Å². The van der Waals surface area contributed by atoms with Crippen LogP contribution in [-0.4, -0.2) is 24.4 Å². The zero-order valence-electron chi connectivity index (χ0n) is 14.6. The third kappa shape index (κ3) is 4.83. The standard InChI is InChI=1S/C20H23N3O2/c1-13-3-10-18(14(2)11-13)21-12-19(24)22-16-6-4-15(5-7-16)20(25)23-17-8-9-17/h3-7,10-11,17,21H,8-9,12H2,1-2H3,(H,22,24)(H,23,25). The van der Waals surface area contributed by atoms with Crippen molar-refractivity contribution < 1.29 is 9.59 Å². The van der Waals surface area contributed by atoms with Crippen molar-refractivity contribution in [2.45, 2.75) is 32.7 Å². The molecule has 3 N–H and O–H groups in total. The van der Waals surface area contributed by atoms with Crippen LogP contribution in [-0.2, 0) is 4.79 Å². The van der Waals surface area contributed by atoms with Gasteiger partial charge in [-0.1, -0.05) is 17.7 Å². The number of aryl methyl sites for hydroxylation is 2. The van der Waals surface area contributed by atoms with Crippen LogP contribution < -0.4 is 16.0 Å². The van der Waals surface area contributed by atoms with Gasteiger partial charge in [-0.3, -0.25) is 9.59 Å². The summed E-state index contributed by atoms with van der Waals surface area (Å²) in [4.78, 5) is 24.0. The van der Waals surface area contributed by atoms with E-state index < -0.39 is 0 Å². The van der Waals surface area contributed by atoms with E-state index in [1.807, 2.05) is 26.0 Å². The maximum absolute atomic E-state index is 12.1. The average Bonchev–Trinajstić information content (AvgIpc) is 3.38. The zero-order valence-corrected chi connectivity index (χ0v) is 14.6. The number of rotatable bonds is 6. The zero-order chi connectivity index (χ0) is 17.8. The summed E-state index contributed by atoms with van der Waals surface area (Å²) in [5.74, 6) is -0.188. The Morgan fingerprint density at radius 1 is 1.04 bits per heavy atom. The van der Waals surface area contributed by atoms with E-state index in [4.69, 9.17) is 0 Å². The quantitative estimate of drug-likeness (QED) is 0.758. The minimum Gasteiger partial charge on any atom is -0.376 e. The van der Waals surface area contributed by atoms with E-state index >= 15 is 0 Å². The van der Waals surface area contributed by atoms with Gasteiger partial charge >= 0.3 is 0 Å². The molecule has 1 aliphatic carbocycles. The first-order valence-electron chi connectivity index (χ1n) is 8.53. The molecule has 0 bridgehead atoms. The molecule has 0 radical (unpaired) electrons. The first-order valence-corrected chi connectivity index (χ1v) is 8.53. The van der Waals surface area contributed by atoms with Crippen molar-refractivity contribution in [3.63, 3.8) is 0 Å². The second-order valence-electron chi connectivity index (χ2n) is 6.55. The van der Waals surface area contributed by atoms with Crippen LogP contribution in [0.3, 0.4) is 0 Å². The van der Waals surface area contributed by atoms with Crippen LogP contribution in [0.15, 0.2) is 42.5 Å². The van der Waals surface area contributed by atoms with Crippen LogP contribution in [0.4, 0.5) is 11.4 Å². The Labute approximate surface area is 147 Å². The van der Waals surface area contributed by atoms with Gasteiger partial charge in [0.25, 0.3) is 5.91 Å². The van der Waals surface area contributed by atoms with Crippen LogP contribution in [0, 0.1) is 13.8 Å². The number of hydrogen-bond acceptors (Lipinski definition) is 3. The maximum Gasteiger partial charge on any atom is 0.251 e. The lowest BCUT2D eigenvalue weighted by Gasteiger charge is -2.11. The Morgan fingerprint density at radius 3 is 2.40 bits per heavy atom. The number of carbonyl (C=O) groups is 2. The van der Waals surface area contributed by atoms with Gasteiger partial charge in [-0.15, -0.1) is 0 Å². The molecule has 0 atom stereocenters. The number of hydrogen-bond donors (Lipinski definition) is 3. The Kier molecular flexibility index (Phi) is 5.03. The monoisotopic (exact) mass is 337 g/mol. The number of amides is 2. The van der Waals surface area contributed by atoms with Gasteiger partial charge in [0.1, 0.15) is 0 Å². The van der Waals surface area contributed by atoms with E-state index in [1.54, 1.807) is 24.3 Å². The summed E-state index contributed by atoms with van der Waals surface area (Å²) < 4.78 is 0. The minimum absolute atomic E-state index is 0.0584. The predicted molar refractivity (Wildman–Crippen MR) is 100.0 cm³/mol. The normalized spacial score (nSPS) is 13.2. The van der Waals surface area contributed by atoms with Crippen LogP contribution in [0.5, 0.6) is 0 Å². The first-order chi connectivity index (χ1) is 12.0. The topological polar surface area (TPSA) is 70.2 Å². The third-order valence-electron chi connectivity index (χ3n) is 4.16. The summed E-state index contributed by atoms with van der Waals surface area (Å²) in [5, 5.41) is 8.91. The van der Waals surface area contributed by atoms with Crippen molar-refractivity contribution in [1.29, 1.82) is 0 Å². The van der Waals surface area contributed by atoms with Gasteiger partial charge in [-0.25, -0.2) is 0 Å². The highest BCUT2D eigenvalue weighted by Gasteiger charge is 2.23. The SMILES string of the molecule is Cc1ccc(NCC(=O)Nc2ccc(C(=O)NC3CC3)cc2)c(C)c1. The van der Waals surface area contributed by atoms with E-state index in [0.717, 1.165) is 24.1 Å². The van der Waals surface area contributed by atoms with E-state index in [0.29, 0.717) is 17.3 Å². The fourth-order valence-electron chi connectivity index (χ4n) is 2.59. The van der Waals surface area contributed by atoms with Crippen molar-refractivity contribution in [3.8, 4) is 0 Å². The summed E-state index contributed by atoms with van der Waals surface area (Å²) in [6.07, 6.45) is 2.13. The number of benzene rings is 2. The fourth-order valence-corrected chi connectivity index (χ4v) is 2.59. The molecule has 0 heterocycles. The van der Waals surface area contributed by atoms with Crippen LogP contribution in [0.25, 0.3) is 0 Å². The summed E-state index contributed by atoms with van der Waals surface area (Å²) in [7, 11) is 0. The molecule has 0 unspecified atom stereocenters. The highest BCUT2D eigenvalue weighted by Crippen LogP contribution is 2.20. The maximum atomic E-state index is 12.1. The highest BCUT2D eigenvalue weighted by atomic mass is 16.2. The Bertz CT molecular complexity index is 780. The molecule has 0 aromatic heterocycles. The van der Waals surface area contributed by atoms with Crippen molar-refractivity contribution in [3.05, 3.63) is 59.2 Å². The molecule has 0 spiro atoms. The van der Waals surface area contributed by atoms with Crippen molar-refractivity contribution >= 4 is 23.2 Å². The molecule has 2 aromatic rings. The molecule has 5 heteroatoms. The molecule has 5 nitrogen and oxygen atoms in total. The third-order valence-corrected chi connectivity index (χ3v) is 4.16. The molecule has 2 aromatic carbocycles. The van der Waals surface area contributed by atoms with E-state index in [2.05, 4.69) is 22.0 Å². The predicted octanol–water partition coefficient (Wildman–Crippen LogP) is 3.25. The molecule has 2 amide bonds. The van der Waals surface area contributed by atoms with Crippen LogP contribution >= 0.6 is 0 Å². The Hall–Kier alpha value is -2.82. The summed E-state index contributed by atoms with van der Waals surface area (Å²) in [6.45, 7) is 4.24. The number of anilines is 2. The van der Waals surface area contributed by atoms with Gasteiger partial charge < -0.3 is 16.0 Å². The van der Waals surface area contributed by atoms with E-state index in [9.17, 15) is 9.59 Å². The van der Waals surface area contributed by atoms with Crippen molar-refractivity contribution in [1.82, 2.24) is 5.32 Å². The molecule has 0 saturated heterocycles. The summed E-state index contributed by atoms with van der Waals surface area (Å²) in [5.41, 5.74) is 4.54. The molecular weight excluding hydrogens is 314 g/mol. The van der Waals surface area contributed by atoms with Gasteiger partial charge in [0.15, 0.2) is 0 Å². The average molecular weight is 337 g/mol. The van der Waals surface area contributed by atoms with Crippen LogP contribution in [0.2, 0.25) is 0 Å². The van der Waals surface area contributed by atoms with Gasteiger partial charge in [-0.05, 0) is 62.6 Å².